The fraction of sp³-hybridized carbons (Fsp3) is 0.381. The van der Waals surface area contributed by atoms with Crippen LogP contribution in [-0.2, 0) is 22.9 Å². The van der Waals surface area contributed by atoms with Crippen molar-refractivity contribution in [3.05, 3.63) is 64.7 Å². The Kier molecular flexibility index (Phi) is 5.85. The molecule has 5 nitrogen and oxygen atoms in total. The van der Waals surface area contributed by atoms with Gasteiger partial charge in [-0.15, -0.1) is 0 Å². The van der Waals surface area contributed by atoms with Crippen molar-refractivity contribution in [2.45, 2.75) is 45.1 Å². The lowest BCUT2D eigenvalue weighted by Gasteiger charge is -2.22. The van der Waals surface area contributed by atoms with Gasteiger partial charge in [0.25, 0.3) is 5.91 Å². The van der Waals surface area contributed by atoms with Gasteiger partial charge in [0.2, 0.25) is 10.0 Å². The van der Waals surface area contributed by atoms with E-state index in [9.17, 15) is 13.2 Å². The van der Waals surface area contributed by atoms with Crippen LogP contribution in [0.3, 0.4) is 0 Å². The lowest BCUT2D eigenvalue weighted by atomic mass is 9.88. The molecule has 1 aliphatic carbocycles. The summed E-state index contributed by atoms with van der Waals surface area (Å²) >= 11 is 0. The number of anilines is 1. The molecule has 2 N–H and O–H groups in total. The second-order valence-corrected chi connectivity index (χ2v) is 8.84. The molecule has 6 heteroatoms. The predicted octanol–water partition coefficient (Wildman–Crippen LogP) is 3.82. The normalized spacial score (nSPS) is 14.9. The van der Waals surface area contributed by atoms with Crippen molar-refractivity contribution in [1.29, 1.82) is 0 Å². The van der Waals surface area contributed by atoms with E-state index in [4.69, 9.17) is 0 Å². The van der Waals surface area contributed by atoms with Crippen LogP contribution in [0.15, 0.2) is 42.5 Å². The van der Waals surface area contributed by atoms with Crippen molar-refractivity contribution in [3.63, 3.8) is 0 Å². The molecule has 0 saturated heterocycles. The maximum Gasteiger partial charge on any atom is 0.253 e. The molecule has 0 spiro atoms. The molecule has 0 radical (unpaired) electrons. The third-order valence-electron chi connectivity index (χ3n) is 4.96. The smallest absolute Gasteiger partial charge is 0.253 e. The van der Waals surface area contributed by atoms with Crippen LogP contribution in [0.25, 0.3) is 0 Å². The van der Waals surface area contributed by atoms with Crippen LogP contribution in [-0.4, -0.2) is 20.6 Å². The van der Waals surface area contributed by atoms with Crippen molar-refractivity contribution in [2.75, 3.05) is 11.0 Å². The molecule has 1 aliphatic rings. The van der Waals surface area contributed by atoms with Crippen LogP contribution in [0.2, 0.25) is 0 Å². The van der Waals surface area contributed by atoms with Gasteiger partial charge in [-0.05, 0) is 60.9 Å². The Morgan fingerprint density at radius 2 is 1.78 bits per heavy atom. The zero-order valence-corrected chi connectivity index (χ0v) is 16.6. The summed E-state index contributed by atoms with van der Waals surface area (Å²) in [5, 5.41) is 3.06. The zero-order valence-electron chi connectivity index (χ0n) is 15.8. The molecule has 0 bridgehead atoms. The summed E-state index contributed by atoms with van der Waals surface area (Å²) < 4.78 is 25.6. The van der Waals surface area contributed by atoms with Gasteiger partial charge in [-0.3, -0.25) is 9.52 Å². The minimum atomic E-state index is -3.46. The van der Waals surface area contributed by atoms with Gasteiger partial charge in [0.1, 0.15) is 0 Å². The molecule has 2 aromatic rings. The van der Waals surface area contributed by atoms with E-state index in [1.54, 1.807) is 24.3 Å². The fourth-order valence-electron chi connectivity index (χ4n) is 3.60. The Bertz CT molecular complexity index is 938. The monoisotopic (exact) mass is 386 g/mol. The second-order valence-electron chi connectivity index (χ2n) is 7.09. The van der Waals surface area contributed by atoms with Gasteiger partial charge >= 0.3 is 0 Å². The Balaban J connectivity index is 1.82. The number of hydrogen-bond donors (Lipinski definition) is 2. The first-order valence-corrected chi connectivity index (χ1v) is 11.3. The highest BCUT2D eigenvalue weighted by molar-refractivity contribution is 7.92. The number of nitrogens with one attached hydrogen (secondary N) is 2. The van der Waals surface area contributed by atoms with Gasteiger partial charge in [-0.25, -0.2) is 8.42 Å². The molecule has 1 unspecified atom stereocenters. The number of rotatable bonds is 6. The van der Waals surface area contributed by atoms with Crippen LogP contribution in [0.4, 0.5) is 5.69 Å². The lowest BCUT2D eigenvalue weighted by Crippen LogP contribution is -2.29. The third-order valence-corrected chi connectivity index (χ3v) is 5.55. The van der Waals surface area contributed by atoms with Crippen LogP contribution in [0.1, 0.15) is 59.3 Å². The first-order chi connectivity index (χ1) is 12.9. The summed E-state index contributed by atoms with van der Waals surface area (Å²) in [6.45, 7) is 2.03. The zero-order chi connectivity index (χ0) is 19.4. The summed E-state index contributed by atoms with van der Waals surface area (Å²) in [5.74, 6) is -0.286. The van der Waals surface area contributed by atoms with Gasteiger partial charge in [0.15, 0.2) is 0 Å². The number of amides is 1. The van der Waals surface area contributed by atoms with E-state index in [2.05, 4.69) is 28.2 Å². The van der Waals surface area contributed by atoms with E-state index in [1.807, 2.05) is 6.92 Å². The van der Waals surface area contributed by atoms with Gasteiger partial charge in [0.05, 0.1) is 23.5 Å². The summed E-state index contributed by atoms with van der Waals surface area (Å²) in [4.78, 5) is 12.8. The molecular formula is C21H26N2O3S. The average Bonchev–Trinajstić information content (AvgIpc) is 2.64. The average molecular weight is 387 g/mol. The van der Waals surface area contributed by atoms with Crippen molar-refractivity contribution in [1.82, 2.24) is 5.32 Å². The molecule has 0 aliphatic heterocycles. The molecule has 144 valence electrons. The summed E-state index contributed by atoms with van der Waals surface area (Å²) in [5.41, 5.74) is 4.50. The Hall–Kier alpha value is -2.34. The summed E-state index contributed by atoms with van der Waals surface area (Å²) in [6, 6.07) is 13.0. The maximum absolute atomic E-state index is 12.8. The first-order valence-electron chi connectivity index (χ1n) is 9.37. The van der Waals surface area contributed by atoms with E-state index < -0.39 is 10.0 Å². The SMILES string of the molecule is CCC(NC(=O)c1ccccc1NS(C)(=O)=O)c1ccc2c(c1)CCCC2. The second kappa shape index (κ2) is 8.13. The number of carbonyl (C=O) groups is 1. The van der Waals surface area contributed by atoms with Crippen LogP contribution in [0, 0.1) is 0 Å². The van der Waals surface area contributed by atoms with Crippen LogP contribution in [0.5, 0.6) is 0 Å². The fourth-order valence-corrected chi connectivity index (χ4v) is 4.17. The van der Waals surface area contributed by atoms with Gasteiger partial charge in [-0.2, -0.15) is 0 Å². The molecule has 2 aromatic carbocycles. The minimum Gasteiger partial charge on any atom is -0.345 e. The number of hydrogen-bond acceptors (Lipinski definition) is 3. The first kappa shape index (κ1) is 19.4. The summed E-state index contributed by atoms with van der Waals surface area (Å²) in [7, 11) is -3.46. The quantitative estimate of drug-likeness (QED) is 0.792. The number of fused-ring (bicyclic) bond motifs is 1. The number of sulfonamides is 1. The predicted molar refractivity (Wildman–Crippen MR) is 108 cm³/mol. The molecule has 1 atom stereocenters. The standard InChI is InChI=1S/C21H26N2O3S/c1-3-19(17-13-12-15-8-4-5-9-16(15)14-17)22-21(24)18-10-6-7-11-20(18)23-27(2,25)26/h6-7,10-14,19,23H,3-5,8-9H2,1-2H3,(H,22,24). The number of para-hydroxylation sites is 1. The highest BCUT2D eigenvalue weighted by Gasteiger charge is 2.19. The van der Waals surface area contributed by atoms with E-state index in [0.29, 0.717) is 5.56 Å². The summed E-state index contributed by atoms with van der Waals surface area (Å²) in [6.07, 6.45) is 6.50. The van der Waals surface area contributed by atoms with Crippen molar-refractivity contribution >= 4 is 21.6 Å². The molecule has 1 amide bonds. The highest BCUT2D eigenvalue weighted by atomic mass is 32.2. The van der Waals surface area contributed by atoms with Crippen molar-refractivity contribution in [2.24, 2.45) is 0 Å². The number of aryl methyl sites for hydroxylation is 2. The van der Waals surface area contributed by atoms with Crippen molar-refractivity contribution < 1.29 is 13.2 Å². The van der Waals surface area contributed by atoms with Gasteiger partial charge in [-0.1, -0.05) is 37.3 Å². The molecular weight excluding hydrogens is 360 g/mol. The van der Waals surface area contributed by atoms with Gasteiger partial charge < -0.3 is 5.32 Å². The van der Waals surface area contributed by atoms with Crippen LogP contribution >= 0.6 is 0 Å². The van der Waals surface area contributed by atoms with E-state index in [1.165, 1.54) is 24.0 Å². The molecule has 0 heterocycles. The molecule has 27 heavy (non-hydrogen) atoms. The third kappa shape index (κ3) is 4.89. The Morgan fingerprint density at radius 3 is 2.48 bits per heavy atom. The van der Waals surface area contributed by atoms with E-state index in [-0.39, 0.29) is 17.6 Å². The Morgan fingerprint density at radius 1 is 1.07 bits per heavy atom. The van der Waals surface area contributed by atoms with E-state index >= 15 is 0 Å². The van der Waals surface area contributed by atoms with Gasteiger partial charge in [0, 0.05) is 0 Å². The largest absolute Gasteiger partial charge is 0.345 e. The number of carbonyl (C=O) groups excluding carboxylic acids is 1. The maximum atomic E-state index is 12.8. The number of benzene rings is 2. The van der Waals surface area contributed by atoms with Crippen LogP contribution < -0.4 is 10.0 Å². The topological polar surface area (TPSA) is 75.3 Å². The molecule has 3 rings (SSSR count). The molecule has 0 aromatic heterocycles. The van der Waals surface area contributed by atoms with Crippen molar-refractivity contribution in [3.8, 4) is 0 Å². The lowest BCUT2D eigenvalue weighted by molar-refractivity contribution is 0.0936. The Labute approximate surface area is 161 Å². The van der Waals surface area contributed by atoms with E-state index in [0.717, 1.165) is 31.1 Å². The highest BCUT2D eigenvalue weighted by Crippen LogP contribution is 2.27. The molecule has 0 saturated carbocycles. The minimum absolute atomic E-state index is 0.115. The molecule has 0 fully saturated rings.